The molecule has 0 saturated carbocycles. The van der Waals surface area contributed by atoms with Crippen molar-refractivity contribution in [1.82, 2.24) is 0 Å². The fourth-order valence-electron chi connectivity index (χ4n) is 3.86. The number of carbonyl (C=O) groups is 2. The highest BCUT2D eigenvalue weighted by Gasteiger charge is 2.43. The minimum atomic E-state index is -0.149. The predicted molar refractivity (Wildman–Crippen MR) is 86.9 cm³/mol. The summed E-state index contributed by atoms with van der Waals surface area (Å²) >= 11 is 0. The molecule has 0 unspecified atom stereocenters. The van der Waals surface area contributed by atoms with Gasteiger partial charge < -0.3 is 4.79 Å². The second-order valence-electron chi connectivity index (χ2n) is 6.17. The molecular formula is C20H20O2. The molecule has 0 aromatic heterocycles. The average molecular weight is 292 g/mol. The Balaban J connectivity index is 2.15. The Labute approximate surface area is 131 Å². The number of hydrogen-bond donors (Lipinski definition) is 0. The van der Waals surface area contributed by atoms with Gasteiger partial charge in [0, 0.05) is 24.2 Å². The number of ketones is 2. The van der Waals surface area contributed by atoms with E-state index in [4.69, 9.17) is 0 Å². The van der Waals surface area contributed by atoms with Crippen molar-refractivity contribution in [2.24, 2.45) is 5.92 Å². The molecule has 0 spiro atoms. The number of Topliss-reactive ketones (excluding diaryl/α,β-unsaturated/α-hetero) is 2. The molecule has 3 atom stereocenters. The van der Waals surface area contributed by atoms with Crippen LogP contribution in [0.3, 0.4) is 0 Å². The summed E-state index contributed by atoms with van der Waals surface area (Å²) < 4.78 is 0. The average Bonchev–Trinajstić information content (AvgIpc) is 2.82. The Morgan fingerprint density at radius 1 is 0.864 bits per heavy atom. The Kier molecular flexibility index (Phi) is 3.93. The number of benzene rings is 2. The zero-order chi connectivity index (χ0) is 15.7. The van der Waals surface area contributed by atoms with Gasteiger partial charge in [-0.25, -0.2) is 0 Å². The molecular weight excluding hydrogens is 272 g/mol. The van der Waals surface area contributed by atoms with Crippen LogP contribution in [0.5, 0.6) is 0 Å². The first-order chi connectivity index (χ1) is 10.6. The maximum Gasteiger partial charge on any atom is 0.134 e. The lowest BCUT2D eigenvalue weighted by atomic mass is 9.78. The van der Waals surface area contributed by atoms with Crippen LogP contribution in [0.1, 0.15) is 48.8 Å². The molecule has 2 aromatic carbocycles. The monoisotopic (exact) mass is 292 g/mol. The Hall–Kier alpha value is -2.22. The van der Waals surface area contributed by atoms with E-state index in [1.165, 1.54) is 5.56 Å². The minimum Gasteiger partial charge on any atom is -0.300 e. The normalized spacial score (nSPS) is 23.1. The fourth-order valence-corrected chi connectivity index (χ4v) is 3.86. The number of carbonyl (C=O) groups excluding carboxylic acids is 2. The summed E-state index contributed by atoms with van der Waals surface area (Å²) in [5, 5.41) is 0. The molecule has 22 heavy (non-hydrogen) atoms. The van der Waals surface area contributed by atoms with Crippen LogP contribution >= 0.6 is 0 Å². The molecule has 0 radical (unpaired) electrons. The third-order valence-electron chi connectivity index (χ3n) is 4.66. The Morgan fingerprint density at radius 2 is 1.45 bits per heavy atom. The molecule has 1 aliphatic carbocycles. The quantitative estimate of drug-likeness (QED) is 0.850. The summed E-state index contributed by atoms with van der Waals surface area (Å²) in [4.78, 5) is 24.1. The molecule has 0 saturated heterocycles. The molecule has 0 N–H and O–H groups in total. The van der Waals surface area contributed by atoms with Crippen LogP contribution in [-0.4, -0.2) is 11.6 Å². The van der Waals surface area contributed by atoms with Crippen LogP contribution in [0.15, 0.2) is 54.6 Å². The second kappa shape index (κ2) is 5.88. The molecule has 2 heteroatoms. The lowest BCUT2D eigenvalue weighted by Gasteiger charge is -2.23. The SMILES string of the molecule is CC(=O)C[C@H]1c2ccccc2[C@@H](c2ccccc2)[C@@H]1C(C)=O. The number of hydrogen-bond acceptors (Lipinski definition) is 2. The van der Waals surface area contributed by atoms with Gasteiger partial charge in [0.2, 0.25) is 0 Å². The summed E-state index contributed by atoms with van der Waals surface area (Å²) in [6.45, 7) is 3.26. The van der Waals surface area contributed by atoms with Gasteiger partial charge in [-0.3, -0.25) is 4.79 Å². The maximum absolute atomic E-state index is 12.4. The van der Waals surface area contributed by atoms with E-state index in [1.54, 1.807) is 13.8 Å². The van der Waals surface area contributed by atoms with Gasteiger partial charge in [-0.2, -0.15) is 0 Å². The van der Waals surface area contributed by atoms with Crippen LogP contribution in [0, 0.1) is 5.92 Å². The first kappa shape index (κ1) is 14.7. The smallest absolute Gasteiger partial charge is 0.134 e. The molecule has 1 aliphatic rings. The van der Waals surface area contributed by atoms with Gasteiger partial charge in [0.1, 0.15) is 11.6 Å². The minimum absolute atomic E-state index is 0.00333. The fraction of sp³-hybridized carbons (Fsp3) is 0.300. The van der Waals surface area contributed by atoms with E-state index in [1.807, 2.05) is 30.3 Å². The van der Waals surface area contributed by atoms with Gasteiger partial charge in [-0.15, -0.1) is 0 Å². The third-order valence-corrected chi connectivity index (χ3v) is 4.66. The molecule has 3 rings (SSSR count). The standard InChI is InChI=1S/C20H20O2/c1-13(21)12-18-16-10-6-7-11-17(16)20(19(18)14(2)22)15-8-4-3-5-9-15/h3-11,18-20H,12H2,1-2H3/t18-,19+,20+/m0/s1. The molecule has 0 aliphatic heterocycles. The van der Waals surface area contributed by atoms with Gasteiger partial charge in [-0.1, -0.05) is 54.6 Å². The van der Waals surface area contributed by atoms with Gasteiger partial charge in [0.25, 0.3) is 0 Å². The summed E-state index contributed by atoms with van der Waals surface area (Å²) in [6, 6.07) is 18.3. The summed E-state index contributed by atoms with van der Waals surface area (Å²) in [7, 11) is 0. The van der Waals surface area contributed by atoms with Crippen molar-refractivity contribution < 1.29 is 9.59 Å². The van der Waals surface area contributed by atoms with Gasteiger partial charge in [0.05, 0.1) is 0 Å². The predicted octanol–water partition coefficient (Wildman–Crippen LogP) is 4.10. The molecule has 0 heterocycles. The Bertz CT molecular complexity index is 703. The molecule has 0 amide bonds. The van der Waals surface area contributed by atoms with Crippen LogP contribution in [-0.2, 0) is 9.59 Å². The van der Waals surface area contributed by atoms with E-state index < -0.39 is 0 Å². The van der Waals surface area contributed by atoms with Crippen LogP contribution in [0.25, 0.3) is 0 Å². The zero-order valence-corrected chi connectivity index (χ0v) is 13.0. The first-order valence-corrected chi connectivity index (χ1v) is 7.73. The highest BCUT2D eigenvalue weighted by molar-refractivity contribution is 5.85. The van der Waals surface area contributed by atoms with E-state index in [9.17, 15) is 9.59 Å². The van der Waals surface area contributed by atoms with Gasteiger partial charge in [0.15, 0.2) is 0 Å². The summed E-state index contributed by atoms with van der Waals surface area (Å²) in [5.41, 5.74) is 3.51. The maximum atomic E-state index is 12.4. The van der Waals surface area contributed by atoms with Crippen molar-refractivity contribution in [2.45, 2.75) is 32.1 Å². The molecule has 2 nitrogen and oxygen atoms in total. The first-order valence-electron chi connectivity index (χ1n) is 7.73. The second-order valence-corrected chi connectivity index (χ2v) is 6.17. The van der Waals surface area contributed by atoms with Crippen molar-refractivity contribution in [3.05, 3.63) is 71.3 Å². The van der Waals surface area contributed by atoms with Crippen molar-refractivity contribution in [3.63, 3.8) is 0 Å². The number of rotatable bonds is 4. The highest BCUT2D eigenvalue weighted by atomic mass is 16.1. The van der Waals surface area contributed by atoms with Crippen molar-refractivity contribution in [1.29, 1.82) is 0 Å². The lowest BCUT2D eigenvalue weighted by Crippen LogP contribution is -2.22. The van der Waals surface area contributed by atoms with Gasteiger partial charge >= 0.3 is 0 Å². The van der Waals surface area contributed by atoms with Gasteiger partial charge in [-0.05, 0) is 30.5 Å². The van der Waals surface area contributed by atoms with Crippen molar-refractivity contribution >= 4 is 11.6 Å². The molecule has 0 fully saturated rings. The molecule has 0 bridgehead atoms. The van der Waals surface area contributed by atoms with E-state index in [0.29, 0.717) is 6.42 Å². The van der Waals surface area contributed by atoms with Crippen molar-refractivity contribution in [2.75, 3.05) is 0 Å². The molecule has 2 aromatic rings. The topological polar surface area (TPSA) is 34.1 Å². The van der Waals surface area contributed by atoms with E-state index in [0.717, 1.165) is 11.1 Å². The third kappa shape index (κ3) is 2.50. The number of fused-ring (bicyclic) bond motifs is 1. The van der Waals surface area contributed by atoms with E-state index >= 15 is 0 Å². The summed E-state index contributed by atoms with van der Waals surface area (Å²) in [5.74, 6) is 0.204. The van der Waals surface area contributed by atoms with E-state index in [2.05, 4.69) is 24.3 Å². The highest BCUT2D eigenvalue weighted by Crippen LogP contribution is 2.51. The zero-order valence-electron chi connectivity index (χ0n) is 13.0. The van der Waals surface area contributed by atoms with Crippen LogP contribution in [0.4, 0.5) is 0 Å². The summed E-state index contributed by atoms with van der Waals surface area (Å²) in [6.07, 6.45) is 0.435. The van der Waals surface area contributed by atoms with Crippen molar-refractivity contribution in [3.8, 4) is 0 Å². The van der Waals surface area contributed by atoms with E-state index in [-0.39, 0.29) is 29.3 Å². The van der Waals surface area contributed by atoms with Crippen LogP contribution in [0.2, 0.25) is 0 Å². The lowest BCUT2D eigenvalue weighted by molar-refractivity contribution is -0.122. The Morgan fingerprint density at radius 3 is 2.05 bits per heavy atom. The molecule has 112 valence electrons. The van der Waals surface area contributed by atoms with Crippen LogP contribution < -0.4 is 0 Å². The largest absolute Gasteiger partial charge is 0.300 e.